The maximum absolute atomic E-state index is 14.7. The van der Waals surface area contributed by atoms with E-state index in [-0.39, 0.29) is 12.1 Å². The molecule has 0 amide bonds. The fraction of sp³-hybridized carbons (Fsp3) is 0.333. The average molecular weight is 436 g/mol. The highest BCUT2D eigenvalue weighted by Gasteiger charge is 2.61. The summed E-state index contributed by atoms with van der Waals surface area (Å²) in [6.07, 6.45) is 3.17. The normalized spacial score (nSPS) is 20.8. The number of rotatable bonds is 8. The number of benzene rings is 2. The number of nitrogens with zero attached hydrogens (tertiary/aromatic N) is 3. The molecule has 0 aliphatic carbocycles. The molecule has 8 heteroatoms. The standard InChI is InChI=1S/C21H20ClF2N3OS/c1-2-3-10-29-20-25-13-26-27(20)12-21(16-9-8-14(23)11-18(16)24)19(28-21)15-6-4-5-7-17(15)22/h4-9,11,13,19H,2-3,10,12H2,1H3/t19-,21+/m0/s1. The first-order valence-electron chi connectivity index (χ1n) is 9.43. The van der Waals surface area contributed by atoms with Gasteiger partial charge in [0.25, 0.3) is 0 Å². The highest BCUT2D eigenvalue weighted by Crippen LogP contribution is 2.59. The molecule has 1 aliphatic heterocycles. The minimum absolute atomic E-state index is 0.250. The van der Waals surface area contributed by atoms with E-state index in [0.29, 0.717) is 5.02 Å². The van der Waals surface area contributed by atoms with E-state index >= 15 is 0 Å². The molecule has 0 spiro atoms. The topological polar surface area (TPSA) is 43.2 Å². The quantitative estimate of drug-likeness (QED) is 0.256. The maximum Gasteiger partial charge on any atom is 0.186 e. The van der Waals surface area contributed by atoms with Gasteiger partial charge in [-0.1, -0.05) is 61.0 Å². The van der Waals surface area contributed by atoms with Crippen molar-refractivity contribution in [1.29, 1.82) is 0 Å². The van der Waals surface area contributed by atoms with Gasteiger partial charge in [-0.3, -0.25) is 0 Å². The van der Waals surface area contributed by atoms with Gasteiger partial charge < -0.3 is 4.74 Å². The molecule has 1 aliphatic rings. The second-order valence-electron chi connectivity index (χ2n) is 6.94. The van der Waals surface area contributed by atoms with Gasteiger partial charge in [0.2, 0.25) is 0 Å². The van der Waals surface area contributed by atoms with Crippen LogP contribution in [0.25, 0.3) is 0 Å². The number of hydrogen-bond acceptors (Lipinski definition) is 4. The van der Waals surface area contributed by atoms with E-state index in [0.717, 1.165) is 35.4 Å². The molecule has 1 saturated heterocycles. The summed E-state index contributed by atoms with van der Waals surface area (Å²) in [7, 11) is 0. The smallest absolute Gasteiger partial charge is 0.186 e. The van der Waals surface area contributed by atoms with Gasteiger partial charge in [0, 0.05) is 28.0 Å². The molecule has 1 aromatic heterocycles. The third kappa shape index (κ3) is 4.04. The Balaban J connectivity index is 1.70. The van der Waals surface area contributed by atoms with Crippen LogP contribution in [0.5, 0.6) is 0 Å². The number of hydrogen-bond donors (Lipinski definition) is 0. The Morgan fingerprint density at radius 1 is 1.24 bits per heavy atom. The van der Waals surface area contributed by atoms with E-state index in [1.807, 2.05) is 18.2 Å². The minimum Gasteiger partial charge on any atom is -0.354 e. The largest absolute Gasteiger partial charge is 0.354 e. The van der Waals surface area contributed by atoms with Crippen LogP contribution in [0.4, 0.5) is 8.78 Å². The highest BCUT2D eigenvalue weighted by molar-refractivity contribution is 7.99. The van der Waals surface area contributed by atoms with Crippen LogP contribution in [0, 0.1) is 11.6 Å². The van der Waals surface area contributed by atoms with Gasteiger partial charge in [0.15, 0.2) is 5.16 Å². The molecule has 0 bridgehead atoms. The van der Waals surface area contributed by atoms with E-state index in [1.54, 1.807) is 22.5 Å². The zero-order chi connectivity index (χ0) is 20.4. The molecule has 0 unspecified atom stereocenters. The molecule has 0 N–H and O–H groups in total. The summed E-state index contributed by atoms with van der Waals surface area (Å²) in [6.45, 7) is 2.38. The molecule has 1 fully saturated rings. The Bertz CT molecular complexity index is 1020. The molecule has 4 rings (SSSR count). The first-order chi connectivity index (χ1) is 14.0. The van der Waals surface area contributed by atoms with Crippen molar-refractivity contribution in [3.63, 3.8) is 0 Å². The van der Waals surface area contributed by atoms with Crippen molar-refractivity contribution in [2.45, 2.75) is 43.2 Å². The Morgan fingerprint density at radius 2 is 2.07 bits per heavy atom. The summed E-state index contributed by atoms with van der Waals surface area (Å²) in [4.78, 5) is 4.32. The third-order valence-corrected chi connectivity index (χ3v) is 6.37. The molecule has 0 saturated carbocycles. The van der Waals surface area contributed by atoms with Gasteiger partial charge in [0.05, 0.1) is 6.54 Å². The number of epoxide rings is 1. The van der Waals surface area contributed by atoms with Gasteiger partial charge >= 0.3 is 0 Å². The number of aromatic nitrogens is 3. The molecular formula is C21H20ClF2N3OS. The number of halogens is 3. The van der Waals surface area contributed by atoms with E-state index in [2.05, 4.69) is 17.0 Å². The van der Waals surface area contributed by atoms with Crippen LogP contribution >= 0.6 is 23.4 Å². The lowest BCUT2D eigenvalue weighted by atomic mass is 9.91. The molecule has 2 atom stereocenters. The third-order valence-electron chi connectivity index (χ3n) is 4.96. The number of unbranched alkanes of at least 4 members (excludes halogenated alkanes) is 1. The second kappa shape index (κ2) is 8.42. The van der Waals surface area contributed by atoms with Gasteiger partial charge in [-0.15, -0.1) is 0 Å². The average Bonchev–Trinajstić information content (AvgIpc) is 3.23. The lowest BCUT2D eigenvalue weighted by molar-refractivity contribution is 0.250. The molecule has 0 radical (unpaired) electrons. The summed E-state index contributed by atoms with van der Waals surface area (Å²) in [5.74, 6) is -0.366. The monoisotopic (exact) mass is 435 g/mol. The Labute approximate surface area is 177 Å². The lowest BCUT2D eigenvalue weighted by Gasteiger charge is -2.16. The van der Waals surface area contributed by atoms with Crippen molar-refractivity contribution in [3.8, 4) is 0 Å². The van der Waals surface area contributed by atoms with Crippen LogP contribution in [-0.4, -0.2) is 20.5 Å². The highest BCUT2D eigenvalue weighted by atomic mass is 35.5. The molecule has 3 aromatic rings. The fourth-order valence-corrected chi connectivity index (χ4v) is 4.66. The minimum atomic E-state index is -1.03. The Hall–Kier alpha value is -1.96. The van der Waals surface area contributed by atoms with Gasteiger partial charge in [0.1, 0.15) is 29.7 Å². The maximum atomic E-state index is 14.7. The van der Waals surface area contributed by atoms with Crippen molar-refractivity contribution < 1.29 is 13.5 Å². The van der Waals surface area contributed by atoms with E-state index < -0.39 is 23.3 Å². The molecule has 29 heavy (non-hydrogen) atoms. The van der Waals surface area contributed by atoms with Crippen LogP contribution in [0.3, 0.4) is 0 Å². The van der Waals surface area contributed by atoms with Crippen molar-refractivity contribution >= 4 is 23.4 Å². The second-order valence-corrected chi connectivity index (χ2v) is 8.40. The predicted molar refractivity (Wildman–Crippen MR) is 109 cm³/mol. The zero-order valence-electron chi connectivity index (χ0n) is 15.8. The lowest BCUT2D eigenvalue weighted by Crippen LogP contribution is -2.22. The van der Waals surface area contributed by atoms with Crippen LogP contribution in [0.1, 0.15) is 37.0 Å². The summed E-state index contributed by atoms with van der Waals surface area (Å²) in [5.41, 5.74) is 0.0123. The van der Waals surface area contributed by atoms with Crippen LogP contribution < -0.4 is 0 Å². The number of ether oxygens (including phenoxy) is 1. The summed E-state index contributed by atoms with van der Waals surface area (Å²) < 4.78 is 36.1. The van der Waals surface area contributed by atoms with E-state index in [9.17, 15) is 8.78 Å². The zero-order valence-corrected chi connectivity index (χ0v) is 17.4. The first-order valence-corrected chi connectivity index (χ1v) is 10.8. The first kappa shape index (κ1) is 20.3. The fourth-order valence-electron chi connectivity index (χ4n) is 3.43. The molecule has 152 valence electrons. The van der Waals surface area contributed by atoms with Gasteiger partial charge in [-0.05, 0) is 18.6 Å². The van der Waals surface area contributed by atoms with E-state index in [4.69, 9.17) is 16.3 Å². The Kier molecular flexibility index (Phi) is 5.90. The summed E-state index contributed by atoms with van der Waals surface area (Å²) in [5, 5.41) is 5.60. The molecule has 2 heterocycles. The van der Waals surface area contributed by atoms with E-state index in [1.165, 1.54) is 18.5 Å². The van der Waals surface area contributed by atoms with Crippen molar-refractivity contribution in [2.24, 2.45) is 0 Å². The molecular weight excluding hydrogens is 416 g/mol. The van der Waals surface area contributed by atoms with Crippen molar-refractivity contribution in [3.05, 3.63) is 76.6 Å². The van der Waals surface area contributed by atoms with Crippen molar-refractivity contribution in [2.75, 3.05) is 5.75 Å². The SMILES string of the molecule is CCCCSc1ncnn1C[C@]1(c2ccc(F)cc2F)O[C@H]1c1ccccc1Cl. The number of thioether (sulfide) groups is 1. The van der Waals surface area contributed by atoms with Crippen LogP contribution in [0.15, 0.2) is 53.9 Å². The summed E-state index contributed by atoms with van der Waals surface area (Å²) in [6, 6.07) is 10.9. The van der Waals surface area contributed by atoms with Crippen LogP contribution in [0.2, 0.25) is 5.02 Å². The molecule has 2 aromatic carbocycles. The van der Waals surface area contributed by atoms with Gasteiger partial charge in [-0.25, -0.2) is 18.4 Å². The predicted octanol–water partition coefficient (Wildman–Crippen LogP) is 5.77. The summed E-state index contributed by atoms with van der Waals surface area (Å²) >= 11 is 7.97. The van der Waals surface area contributed by atoms with Crippen molar-refractivity contribution in [1.82, 2.24) is 14.8 Å². The molecule has 4 nitrogen and oxygen atoms in total. The van der Waals surface area contributed by atoms with Gasteiger partial charge in [-0.2, -0.15) is 5.10 Å². The van der Waals surface area contributed by atoms with Crippen LogP contribution in [-0.2, 0) is 16.9 Å². The Morgan fingerprint density at radius 3 is 2.83 bits per heavy atom.